The van der Waals surface area contributed by atoms with Crippen LogP contribution in [0.3, 0.4) is 0 Å². The number of hydrogen-bond donors (Lipinski definition) is 0. The van der Waals surface area contributed by atoms with E-state index in [0.717, 1.165) is 6.54 Å². The summed E-state index contributed by atoms with van der Waals surface area (Å²) in [6.45, 7) is 5.02. The Morgan fingerprint density at radius 1 is 1.17 bits per heavy atom. The fraction of sp³-hybridized carbons (Fsp3) is 1.00. The van der Waals surface area contributed by atoms with Crippen molar-refractivity contribution in [1.82, 2.24) is 4.90 Å². The van der Waals surface area contributed by atoms with Crippen molar-refractivity contribution >= 4 is 0 Å². The Balaban J connectivity index is 0.000000720. The maximum atomic E-state index is 4.56. The quantitative estimate of drug-likeness (QED) is 0.455. The van der Waals surface area contributed by atoms with Gasteiger partial charge in [0.2, 0.25) is 0 Å². The van der Waals surface area contributed by atoms with Gasteiger partial charge in [-0.2, -0.15) is 0 Å². The van der Waals surface area contributed by atoms with Gasteiger partial charge in [0.15, 0.2) is 0 Å². The first-order valence-corrected chi connectivity index (χ1v) is 4.84. The summed E-state index contributed by atoms with van der Waals surface area (Å²) < 4.78 is 0. The molecule has 3 heteroatoms. The van der Waals surface area contributed by atoms with Crippen LogP contribution in [0.25, 0.3) is 5.32 Å². The molecule has 0 radical (unpaired) electrons. The van der Waals surface area contributed by atoms with Crippen LogP contribution in [0, 0.1) is 0 Å². The summed E-state index contributed by atoms with van der Waals surface area (Å²) in [5.74, 6) is 0. The van der Waals surface area contributed by atoms with E-state index in [1.54, 1.807) is 0 Å². The van der Waals surface area contributed by atoms with E-state index in [4.69, 9.17) is 0 Å². The van der Waals surface area contributed by atoms with Crippen molar-refractivity contribution < 1.29 is 18.9 Å². The van der Waals surface area contributed by atoms with E-state index in [0.29, 0.717) is 6.04 Å². The molecule has 2 nitrogen and oxygen atoms in total. The van der Waals surface area contributed by atoms with Crippen LogP contribution in [0.5, 0.6) is 0 Å². The molecule has 12 heavy (non-hydrogen) atoms. The second-order valence-corrected chi connectivity index (χ2v) is 3.71. The number of nitrogens with zero attached hydrogens (tertiary/aromatic N) is 2. The maximum Gasteiger partial charge on any atom is 1.00 e. The van der Waals surface area contributed by atoms with E-state index in [9.17, 15) is 0 Å². The van der Waals surface area contributed by atoms with Crippen molar-refractivity contribution in [2.45, 2.75) is 31.7 Å². The molecule has 2 rings (SSSR count). The van der Waals surface area contributed by atoms with Gasteiger partial charge in [0.05, 0.1) is 0 Å². The van der Waals surface area contributed by atoms with Gasteiger partial charge in [-0.1, -0.05) is 12.8 Å². The van der Waals surface area contributed by atoms with Gasteiger partial charge in [-0.3, -0.25) is 0 Å². The molecule has 0 spiro atoms. The van der Waals surface area contributed by atoms with E-state index in [1.807, 2.05) is 0 Å². The monoisotopic (exact) mass is 160 g/mol. The second-order valence-electron chi connectivity index (χ2n) is 3.71. The van der Waals surface area contributed by atoms with Crippen LogP contribution in [0.4, 0.5) is 0 Å². The van der Waals surface area contributed by atoms with Gasteiger partial charge < -0.3 is 10.2 Å². The summed E-state index contributed by atoms with van der Waals surface area (Å²) >= 11 is 0. The minimum Gasteiger partial charge on any atom is -0.658 e. The molecule has 0 N–H and O–H groups in total. The Hall–Kier alpha value is 0.517. The minimum atomic E-state index is 0. The average molecular weight is 160 g/mol. The van der Waals surface area contributed by atoms with Gasteiger partial charge in [-0.25, -0.2) is 0 Å². The van der Waals surface area contributed by atoms with Crippen LogP contribution >= 0.6 is 0 Å². The maximum absolute atomic E-state index is 4.56. The van der Waals surface area contributed by atoms with E-state index in [-0.39, 0.29) is 18.9 Å². The molecular weight excluding hydrogens is 143 g/mol. The summed E-state index contributed by atoms with van der Waals surface area (Å²) in [4.78, 5) is 2.57. The van der Waals surface area contributed by atoms with Gasteiger partial charge >= 0.3 is 18.9 Å². The molecule has 2 saturated heterocycles. The third-order valence-corrected chi connectivity index (χ3v) is 2.75. The SMILES string of the molecule is C1C[N-][C@@H](CN2CCCC2)C1.[Li+]. The molecule has 0 aromatic carbocycles. The molecule has 0 unspecified atom stereocenters. The molecule has 0 bridgehead atoms. The first-order valence-electron chi connectivity index (χ1n) is 4.84. The Morgan fingerprint density at radius 2 is 1.92 bits per heavy atom. The van der Waals surface area contributed by atoms with Crippen molar-refractivity contribution in [3.05, 3.63) is 5.32 Å². The van der Waals surface area contributed by atoms with Crippen LogP contribution < -0.4 is 18.9 Å². The van der Waals surface area contributed by atoms with Gasteiger partial charge in [-0.05, 0) is 32.5 Å². The van der Waals surface area contributed by atoms with Crippen molar-refractivity contribution in [1.29, 1.82) is 0 Å². The zero-order valence-electron chi connectivity index (χ0n) is 8.13. The van der Waals surface area contributed by atoms with Crippen LogP contribution in [0.2, 0.25) is 0 Å². The second kappa shape index (κ2) is 5.29. The largest absolute Gasteiger partial charge is 1.00 e. The molecule has 64 valence electrons. The van der Waals surface area contributed by atoms with Crippen LogP contribution in [-0.4, -0.2) is 37.1 Å². The Morgan fingerprint density at radius 3 is 2.50 bits per heavy atom. The number of likely N-dealkylation sites (tertiary alicyclic amines) is 1. The number of rotatable bonds is 2. The standard InChI is InChI=1S/C9H17N2.Li/c1-2-7-11(6-1)8-9-4-3-5-10-9;/h9H,1-8H2;/q-1;+1/t9-;/m1./s1. The van der Waals surface area contributed by atoms with Crippen molar-refractivity contribution in [3.63, 3.8) is 0 Å². The molecule has 0 aromatic rings. The molecule has 0 aromatic heterocycles. The zero-order chi connectivity index (χ0) is 7.52. The Bertz CT molecular complexity index is 104. The predicted octanol–water partition coefficient (Wildman–Crippen LogP) is -1.38. The molecule has 2 aliphatic heterocycles. The molecule has 1 atom stereocenters. The van der Waals surface area contributed by atoms with Crippen molar-refractivity contribution in [2.24, 2.45) is 0 Å². The molecule has 0 saturated carbocycles. The van der Waals surface area contributed by atoms with E-state index >= 15 is 0 Å². The zero-order valence-corrected chi connectivity index (χ0v) is 8.13. The molecule has 2 heterocycles. The summed E-state index contributed by atoms with van der Waals surface area (Å²) in [5.41, 5.74) is 0. The molecular formula is C9H17LiN2. The topological polar surface area (TPSA) is 17.3 Å². The fourth-order valence-electron chi connectivity index (χ4n) is 2.10. The van der Waals surface area contributed by atoms with Gasteiger partial charge in [-0.15, -0.1) is 12.6 Å². The minimum absolute atomic E-state index is 0. The molecule has 0 aliphatic carbocycles. The van der Waals surface area contributed by atoms with Gasteiger partial charge in [0, 0.05) is 0 Å². The van der Waals surface area contributed by atoms with Crippen LogP contribution in [0.15, 0.2) is 0 Å². The van der Waals surface area contributed by atoms with E-state index < -0.39 is 0 Å². The molecule has 2 fully saturated rings. The average Bonchev–Trinajstić information content (AvgIpc) is 2.60. The Labute approximate surface area is 87.3 Å². The normalized spacial score (nSPS) is 30.5. The first-order chi connectivity index (χ1) is 5.45. The number of hydrogen-bond acceptors (Lipinski definition) is 1. The van der Waals surface area contributed by atoms with Gasteiger partial charge in [0.1, 0.15) is 0 Å². The van der Waals surface area contributed by atoms with E-state index in [2.05, 4.69) is 10.2 Å². The van der Waals surface area contributed by atoms with Crippen molar-refractivity contribution in [3.8, 4) is 0 Å². The Kier molecular flexibility index (Phi) is 4.67. The molecule has 0 amide bonds. The van der Waals surface area contributed by atoms with Crippen LogP contribution in [0.1, 0.15) is 25.7 Å². The van der Waals surface area contributed by atoms with E-state index in [1.165, 1.54) is 45.3 Å². The van der Waals surface area contributed by atoms with Gasteiger partial charge in [0.25, 0.3) is 0 Å². The first kappa shape index (κ1) is 10.6. The van der Waals surface area contributed by atoms with Crippen LogP contribution in [-0.2, 0) is 0 Å². The summed E-state index contributed by atoms with van der Waals surface area (Å²) in [6.07, 6.45) is 5.49. The third-order valence-electron chi connectivity index (χ3n) is 2.75. The smallest absolute Gasteiger partial charge is 0.658 e. The third kappa shape index (κ3) is 2.78. The van der Waals surface area contributed by atoms with Crippen molar-refractivity contribution in [2.75, 3.05) is 26.2 Å². The predicted molar refractivity (Wildman–Crippen MR) is 46.9 cm³/mol. The summed E-state index contributed by atoms with van der Waals surface area (Å²) in [6, 6.07) is 0.688. The fourth-order valence-corrected chi connectivity index (χ4v) is 2.10. The summed E-state index contributed by atoms with van der Waals surface area (Å²) in [7, 11) is 0. The summed E-state index contributed by atoms with van der Waals surface area (Å²) in [5, 5.41) is 4.56. The molecule has 2 aliphatic rings.